The Kier molecular flexibility index (Phi) is 5.17. The van der Waals surface area contributed by atoms with Crippen LogP contribution in [0, 0.1) is 17.2 Å². The summed E-state index contributed by atoms with van der Waals surface area (Å²) in [5.41, 5.74) is 0. The minimum absolute atomic E-state index is 0.0417. The monoisotopic (exact) mass is 350 g/mol. The Bertz CT molecular complexity index is 583. The molecule has 0 heterocycles. The predicted molar refractivity (Wildman–Crippen MR) is 73.7 cm³/mol. The van der Waals surface area contributed by atoms with Crippen molar-refractivity contribution in [1.29, 1.82) is 5.26 Å². The maximum atomic E-state index is 12.2. The zero-order valence-corrected chi connectivity index (χ0v) is 13.1. The molecule has 1 unspecified atom stereocenters. The maximum absolute atomic E-state index is 12.2. The lowest BCUT2D eigenvalue weighted by Gasteiger charge is -2.18. The number of nitrogens with zero attached hydrogens (tertiary/aromatic N) is 2. The van der Waals surface area contributed by atoms with Gasteiger partial charge in [0.05, 0.1) is 17.0 Å². The van der Waals surface area contributed by atoms with Gasteiger partial charge in [0.1, 0.15) is 4.90 Å². The number of halogens is 2. The van der Waals surface area contributed by atoms with Crippen LogP contribution in [0.5, 0.6) is 0 Å². The molecule has 18 heavy (non-hydrogen) atoms. The van der Waals surface area contributed by atoms with Crippen LogP contribution >= 0.6 is 27.5 Å². The van der Waals surface area contributed by atoms with Crippen molar-refractivity contribution in [3.05, 3.63) is 27.7 Å². The number of rotatable bonds is 4. The SMILES string of the molecule is CC(C#N)CN(C)S(=O)(=O)c1ccc(Br)cc1Cl. The predicted octanol–water partition coefficient (Wildman–Crippen LogP) is 2.88. The summed E-state index contributed by atoms with van der Waals surface area (Å²) >= 11 is 9.14. The lowest BCUT2D eigenvalue weighted by molar-refractivity contribution is 0.439. The van der Waals surface area contributed by atoms with E-state index in [1.54, 1.807) is 13.0 Å². The molecular weight excluding hydrogens is 340 g/mol. The fourth-order valence-electron chi connectivity index (χ4n) is 1.38. The van der Waals surface area contributed by atoms with Gasteiger partial charge in [-0.15, -0.1) is 0 Å². The van der Waals surface area contributed by atoms with Gasteiger partial charge in [-0.2, -0.15) is 9.57 Å². The van der Waals surface area contributed by atoms with Gasteiger partial charge in [-0.25, -0.2) is 8.42 Å². The minimum Gasteiger partial charge on any atom is -0.207 e. The van der Waals surface area contributed by atoms with Crippen molar-refractivity contribution in [2.75, 3.05) is 13.6 Å². The molecule has 1 atom stereocenters. The Morgan fingerprint density at radius 1 is 1.56 bits per heavy atom. The van der Waals surface area contributed by atoms with Gasteiger partial charge >= 0.3 is 0 Å². The standard InChI is InChI=1S/C11H12BrClN2O2S/c1-8(6-14)7-15(2)18(16,17)11-4-3-9(12)5-10(11)13/h3-5,8H,7H2,1-2H3. The average Bonchev–Trinajstić information content (AvgIpc) is 2.28. The van der Waals surface area contributed by atoms with E-state index in [2.05, 4.69) is 15.9 Å². The van der Waals surface area contributed by atoms with Crippen LogP contribution in [0.1, 0.15) is 6.92 Å². The van der Waals surface area contributed by atoms with E-state index >= 15 is 0 Å². The summed E-state index contributed by atoms with van der Waals surface area (Å²) in [4.78, 5) is 0.0417. The molecule has 98 valence electrons. The first kappa shape index (κ1) is 15.4. The number of nitriles is 1. The molecule has 0 spiro atoms. The van der Waals surface area contributed by atoms with E-state index in [4.69, 9.17) is 16.9 Å². The fourth-order valence-corrected chi connectivity index (χ4v) is 3.64. The van der Waals surface area contributed by atoms with Crippen LogP contribution in [0.2, 0.25) is 5.02 Å². The highest BCUT2D eigenvalue weighted by atomic mass is 79.9. The Morgan fingerprint density at radius 3 is 2.67 bits per heavy atom. The lowest BCUT2D eigenvalue weighted by Crippen LogP contribution is -2.31. The third kappa shape index (κ3) is 3.45. The molecule has 0 fully saturated rings. The van der Waals surface area contributed by atoms with Gasteiger partial charge in [0.15, 0.2) is 0 Å². The summed E-state index contributed by atoms with van der Waals surface area (Å²) < 4.78 is 26.3. The van der Waals surface area contributed by atoms with E-state index in [1.807, 2.05) is 6.07 Å². The molecule has 0 radical (unpaired) electrons. The summed E-state index contributed by atoms with van der Waals surface area (Å²) in [5.74, 6) is -0.376. The molecule has 0 saturated carbocycles. The first-order valence-electron chi connectivity index (χ1n) is 5.10. The molecule has 0 aliphatic carbocycles. The minimum atomic E-state index is -3.66. The van der Waals surface area contributed by atoms with Gasteiger partial charge in [0, 0.05) is 18.1 Å². The molecule has 7 heteroatoms. The number of benzene rings is 1. The second kappa shape index (κ2) is 6.02. The molecule has 1 aromatic carbocycles. The van der Waals surface area contributed by atoms with E-state index < -0.39 is 10.0 Å². The third-order valence-electron chi connectivity index (χ3n) is 2.33. The highest BCUT2D eigenvalue weighted by molar-refractivity contribution is 9.10. The van der Waals surface area contributed by atoms with Crippen molar-refractivity contribution in [2.24, 2.45) is 5.92 Å². The van der Waals surface area contributed by atoms with Crippen molar-refractivity contribution in [3.8, 4) is 6.07 Å². The first-order chi connectivity index (χ1) is 8.28. The molecule has 0 aromatic heterocycles. The van der Waals surface area contributed by atoms with E-state index in [-0.39, 0.29) is 22.4 Å². The molecule has 0 saturated heterocycles. The molecule has 0 aliphatic heterocycles. The molecular formula is C11H12BrClN2O2S. The zero-order chi connectivity index (χ0) is 13.9. The van der Waals surface area contributed by atoms with E-state index in [1.165, 1.54) is 19.2 Å². The molecule has 0 bridgehead atoms. The molecule has 4 nitrogen and oxygen atoms in total. The van der Waals surface area contributed by atoms with Crippen LogP contribution in [0.15, 0.2) is 27.6 Å². The first-order valence-corrected chi connectivity index (χ1v) is 7.71. The third-order valence-corrected chi connectivity index (χ3v) is 5.13. The molecule has 1 aromatic rings. The van der Waals surface area contributed by atoms with Crippen LogP contribution in [-0.4, -0.2) is 26.3 Å². The molecule has 0 N–H and O–H groups in total. The maximum Gasteiger partial charge on any atom is 0.244 e. The van der Waals surface area contributed by atoms with Gasteiger partial charge in [-0.3, -0.25) is 0 Å². The second-order valence-corrected chi connectivity index (χ2v) is 7.23. The van der Waals surface area contributed by atoms with Crippen LogP contribution in [0.3, 0.4) is 0 Å². The molecule has 1 rings (SSSR count). The molecule has 0 aliphatic rings. The van der Waals surface area contributed by atoms with Crippen LogP contribution in [0.25, 0.3) is 0 Å². The topological polar surface area (TPSA) is 61.2 Å². The van der Waals surface area contributed by atoms with Crippen molar-refractivity contribution in [3.63, 3.8) is 0 Å². The number of hydrogen-bond acceptors (Lipinski definition) is 3. The number of hydrogen-bond donors (Lipinski definition) is 0. The van der Waals surface area contributed by atoms with Crippen LogP contribution in [0.4, 0.5) is 0 Å². The summed E-state index contributed by atoms with van der Waals surface area (Å²) in [6.07, 6.45) is 0. The molecule has 0 amide bonds. The van der Waals surface area contributed by atoms with Crippen molar-refractivity contribution < 1.29 is 8.42 Å². The summed E-state index contributed by atoms with van der Waals surface area (Å²) in [7, 11) is -2.23. The average molecular weight is 352 g/mol. The highest BCUT2D eigenvalue weighted by Gasteiger charge is 2.24. The lowest BCUT2D eigenvalue weighted by atomic mass is 10.2. The van der Waals surface area contributed by atoms with Crippen LogP contribution < -0.4 is 0 Å². The zero-order valence-electron chi connectivity index (χ0n) is 9.89. The fraction of sp³-hybridized carbons (Fsp3) is 0.364. The van der Waals surface area contributed by atoms with Gasteiger partial charge < -0.3 is 0 Å². The normalized spacial score (nSPS) is 13.3. The summed E-state index contributed by atoms with van der Waals surface area (Å²) in [5, 5.41) is 8.86. The Morgan fingerprint density at radius 2 is 2.17 bits per heavy atom. The quantitative estimate of drug-likeness (QED) is 0.838. The largest absolute Gasteiger partial charge is 0.244 e. The second-order valence-electron chi connectivity index (χ2n) is 3.89. The van der Waals surface area contributed by atoms with Crippen molar-refractivity contribution >= 4 is 37.6 Å². The van der Waals surface area contributed by atoms with E-state index in [0.717, 1.165) is 4.31 Å². The van der Waals surface area contributed by atoms with Gasteiger partial charge in [0.2, 0.25) is 10.0 Å². The van der Waals surface area contributed by atoms with Crippen molar-refractivity contribution in [2.45, 2.75) is 11.8 Å². The van der Waals surface area contributed by atoms with Crippen molar-refractivity contribution in [1.82, 2.24) is 4.31 Å². The van der Waals surface area contributed by atoms with E-state index in [9.17, 15) is 8.42 Å². The Hall–Kier alpha value is -0.610. The van der Waals surface area contributed by atoms with Crippen LogP contribution in [-0.2, 0) is 10.0 Å². The summed E-state index contributed by atoms with van der Waals surface area (Å²) in [6, 6.07) is 6.57. The van der Waals surface area contributed by atoms with Gasteiger partial charge in [0.25, 0.3) is 0 Å². The van der Waals surface area contributed by atoms with Gasteiger partial charge in [-0.05, 0) is 25.1 Å². The highest BCUT2D eigenvalue weighted by Crippen LogP contribution is 2.27. The smallest absolute Gasteiger partial charge is 0.207 e. The Labute approximate surface area is 120 Å². The Balaban J connectivity index is 3.10. The van der Waals surface area contributed by atoms with E-state index in [0.29, 0.717) is 4.47 Å². The number of sulfonamides is 1. The summed E-state index contributed by atoms with van der Waals surface area (Å²) in [6.45, 7) is 1.79. The van der Waals surface area contributed by atoms with Gasteiger partial charge in [-0.1, -0.05) is 27.5 Å².